The summed E-state index contributed by atoms with van der Waals surface area (Å²) < 4.78 is 11.0. The molecule has 0 aliphatic carbocycles. The van der Waals surface area contributed by atoms with Crippen molar-refractivity contribution >= 4 is 28.8 Å². The van der Waals surface area contributed by atoms with Crippen LogP contribution in [-0.4, -0.2) is 46.4 Å². The summed E-state index contributed by atoms with van der Waals surface area (Å²) in [6.07, 6.45) is 0.578. The van der Waals surface area contributed by atoms with Gasteiger partial charge < -0.3 is 24.7 Å². The van der Waals surface area contributed by atoms with Gasteiger partial charge in [0.2, 0.25) is 17.7 Å². The molecule has 10 heteroatoms. The van der Waals surface area contributed by atoms with Crippen LogP contribution in [0.4, 0.5) is 4.79 Å². The Morgan fingerprint density at radius 3 is 2.33 bits per heavy atom. The molecule has 234 valence electrons. The second kappa shape index (κ2) is 14.2. The van der Waals surface area contributed by atoms with Gasteiger partial charge in [-0.2, -0.15) is 0 Å². The van der Waals surface area contributed by atoms with E-state index in [2.05, 4.69) is 15.6 Å². The number of carbonyl (C=O) groups is 3. The third-order valence-electron chi connectivity index (χ3n) is 8.04. The molecule has 3 amide bonds. The smallest absolute Gasteiger partial charge is 0.408 e. The van der Waals surface area contributed by atoms with Gasteiger partial charge in [-0.3, -0.25) is 9.59 Å². The lowest BCUT2D eigenvalue weighted by Gasteiger charge is -2.30. The number of rotatable bonds is 10. The van der Waals surface area contributed by atoms with Crippen LogP contribution in [-0.2, 0) is 27.4 Å². The minimum absolute atomic E-state index is 0.0583. The summed E-state index contributed by atoms with van der Waals surface area (Å²) >= 11 is 0. The van der Waals surface area contributed by atoms with Gasteiger partial charge in [0.25, 0.3) is 0 Å². The molecule has 2 heterocycles. The van der Waals surface area contributed by atoms with Crippen LogP contribution in [0.2, 0.25) is 0 Å². The fourth-order valence-electron chi connectivity index (χ4n) is 5.65. The zero-order valence-electron chi connectivity index (χ0n) is 25.7. The molecular weight excluding hydrogens is 572 g/mol. The molecule has 3 atom stereocenters. The van der Waals surface area contributed by atoms with Gasteiger partial charge in [-0.25, -0.2) is 14.6 Å². The van der Waals surface area contributed by atoms with Crippen LogP contribution in [0.15, 0.2) is 88.1 Å². The molecule has 1 aromatic heterocycles. The Balaban J connectivity index is 1.33. The maximum atomic E-state index is 14.0. The Bertz CT molecular complexity index is 1710. The van der Waals surface area contributed by atoms with Gasteiger partial charge in [0.05, 0.1) is 10.9 Å². The molecule has 2 N–H and O–H groups in total. The standard InChI is InChI=1S/C35H38N4O6/c1-22(2)30(32-36-26-17-10-12-23(3)29(26)34(42)45-32)38-31(40)28-18-11-19-39(28)33(41)27(20-24-13-6-4-7-14-24)37-35(43)44-21-25-15-8-5-9-16-25/h4-10,12-17,22,27-28,30H,11,18-21H2,1-3H3,(H,37,43)(H,38,40)/t27-,28-,30-/m0/s1. The predicted octanol–water partition coefficient (Wildman–Crippen LogP) is 4.84. The molecule has 0 radical (unpaired) electrons. The van der Waals surface area contributed by atoms with Crippen LogP contribution < -0.4 is 16.3 Å². The van der Waals surface area contributed by atoms with E-state index in [9.17, 15) is 19.2 Å². The van der Waals surface area contributed by atoms with E-state index < -0.39 is 29.8 Å². The summed E-state index contributed by atoms with van der Waals surface area (Å²) in [4.78, 5) is 59.5. The van der Waals surface area contributed by atoms with E-state index in [0.717, 1.165) is 16.7 Å². The number of aromatic nitrogens is 1. The van der Waals surface area contributed by atoms with Crippen molar-refractivity contribution in [3.63, 3.8) is 0 Å². The van der Waals surface area contributed by atoms with Gasteiger partial charge in [0.1, 0.15) is 24.7 Å². The molecule has 0 saturated carbocycles. The molecule has 45 heavy (non-hydrogen) atoms. The van der Waals surface area contributed by atoms with Crippen molar-refractivity contribution in [1.82, 2.24) is 20.5 Å². The van der Waals surface area contributed by atoms with Gasteiger partial charge in [-0.15, -0.1) is 0 Å². The van der Waals surface area contributed by atoms with Gasteiger partial charge in [-0.05, 0) is 48.4 Å². The maximum absolute atomic E-state index is 14.0. The molecule has 4 aromatic rings. The molecular formula is C35H38N4O6. The minimum Gasteiger partial charge on any atom is -0.445 e. The van der Waals surface area contributed by atoms with E-state index in [0.29, 0.717) is 30.3 Å². The largest absolute Gasteiger partial charge is 0.445 e. The zero-order valence-corrected chi connectivity index (χ0v) is 25.7. The monoisotopic (exact) mass is 610 g/mol. The number of carbonyl (C=O) groups excluding carboxylic acids is 3. The summed E-state index contributed by atoms with van der Waals surface area (Å²) in [5.74, 6) is -0.801. The first-order valence-corrected chi connectivity index (χ1v) is 15.2. The number of aryl methyl sites for hydroxylation is 1. The summed E-state index contributed by atoms with van der Waals surface area (Å²) in [6.45, 7) is 6.02. The number of fused-ring (bicyclic) bond motifs is 1. The molecule has 5 rings (SSSR count). The molecule has 0 unspecified atom stereocenters. The first-order chi connectivity index (χ1) is 21.7. The van der Waals surface area contributed by atoms with E-state index in [1.165, 1.54) is 4.90 Å². The van der Waals surface area contributed by atoms with Gasteiger partial charge in [0, 0.05) is 13.0 Å². The van der Waals surface area contributed by atoms with E-state index in [1.54, 1.807) is 6.07 Å². The lowest BCUT2D eigenvalue weighted by Crippen LogP contribution is -2.54. The lowest BCUT2D eigenvalue weighted by molar-refractivity contribution is -0.140. The molecule has 10 nitrogen and oxygen atoms in total. The maximum Gasteiger partial charge on any atom is 0.408 e. The third-order valence-corrected chi connectivity index (χ3v) is 8.04. The number of likely N-dealkylation sites (tertiary alicyclic amines) is 1. The van der Waals surface area contributed by atoms with E-state index >= 15 is 0 Å². The highest BCUT2D eigenvalue weighted by Crippen LogP contribution is 2.25. The van der Waals surface area contributed by atoms with Crippen LogP contribution in [0.25, 0.3) is 10.9 Å². The zero-order chi connectivity index (χ0) is 31.9. The molecule has 1 saturated heterocycles. The molecule has 1 aliphatic rings. The van der Waals surface area contributed by atoms with Gasteiger partial charge in [0.15, 0.2) is 0 Å². The van der Waals surface area contributed by atoms with Crippen LogP contribution in [0, 0.1) is 12.8 Å². The molecule has 1 fully saturated rings. The van der Waals surface area contributed by atoms with Crippen molar-refractivity contribution in [2.24, 2.45) is 5.92 Å². The Labute approximate surface area is 261 Å². The van der Waals surface area contributed by atoms with E-state index in [-0.39, 0.29) is 36.7 Å². The number of alkyl carbamates (subject to hydrolysis) is 1. The quantitative estimate of drug-likeness (QED) is 0.263. The summed E-state index contributed by atoms with van der Waals surface area (Å²) in [5.41, 5.74) is 2.41. The first kappa shape index (κ1) is 31.4. The fourth-order valence-corrected chi connectivity index (χ4v) is 5.65. The van der Waals surface area contributed by atoms with Crippen molar-refractivity contribution < 1.29 is 23.5 Å². The Morgan fingerprint density at radius 1 is 0.956 bits per heavy atom. The van der Waals surface area contributed by atoms with Gasteiger partial charge in [-0.1, -0.05) is 86.6 Å². The highest BCUT2D eigenvalue weighted by Gasteiger charge is 2.39. The van der Waals surface area contributed by atoms with E-state index in [4.69, 9.17) is 9.15 Å². The molecule has 1 aliphatic heterocycles. The van der Waals surface area contributed by atoms with Crippen molar-refractivity contribution in [3.8, 4) is 0 Å². The fraction of sp³-hybridized carbons (Fsp3) is 0.343. The average Bonchev–Trinajstić information content (AvgIpc) is 3.53. The van der Waals surface area contributed by atoms with Crippen LogP contribution in [0.3, 0.4) is 0 Å². The number of amides is 3. The van der Waals surface area contributed by atoms with Crippen LogP contribution in [0.1, 0.15) is 55.3 Å². The number of benzene rings is 3. The minimum atomic E-state index is -0.951. The van der Waals surface area contributed by atoms with Crippen LogP contribution in [0.5, 0.6) is 0 Å². The average molecular weight is 611 g/mol. The second-order valence-electron chi connectivity index (χ2n) is 11.7. The Kier molecular flexibility index (Phi) is 9.92. The number of nitrogens with one attached hydrogen (secondary N) is 2. The summed E-state index contributed by atoms with van der Waals surface area (Å²) in [6, 6.07) is 21.6. The number of ether oxygens (including phenoxy) is 1. The van der Waals surface area contributed by atoms with Crippen molar-refractivity contribution in [3.05, 3.63) is 112 Å². The Hall–Kier alpha value is -4.99. The second-order valence-corrected chi connectivity index (χ2v) is 11.7. The first-order valence-electron chi connectivity index (χ1n) is 15.2. The summed E-state index contributed by atoms with van der Waals surface area (Å²) in [5, 5.41) is 6.14. The highest BCUT2D eigenvalue weighted by atomic mass is 16.5. The summed E-state index contributed by atoms with van der Waals surface area (Å²) in [7, 11) is 0. The third kappa shape index (κ3) is 7.57. The highest BCUT2D eigenvalue weighted by molar-refractivity contribution is 5.92. The number of hydrogen-bond acceptors (Lipinski definition) is 7. The predicted molar refractivity (Wildman–Crippen MR) is 169 cm³/mol. The van der Waals surface area contributed by atoms with E-state index in [1.807, 2.05) is 93.6 Å². The molecule has 0 spiro atoms. The normalized spacial score (nSPS) is 15.9. The Morgan fingerprint density at radius 2 is 1.64 bits per heavy atom. The molecule has 3 aromatic carbocycles. The van der Waals surface area contributed by atoms with Gasteiger partial charge >= 0.3 is 11.7 Å². The number of hydrogen-bond donors (Lipinski definition) is 2. The number of nitrogens with zero attached hydrogens (tertiary/aromatic N) is 2. The SMILES string of the molecule is Cc1cccc2nc([C@@H](NC(=O)[C@@H]3CCCN3C(=O)[C@H](Cc3ccccc3)NC(=O)OCc3ccccc3)C(C)C)oc(=O)c12. The lowest BCUT2D eigenvalue weighted by atomic mass is 10.0. The van der Waals surface area contributed by atoms with Crippen LogP contribution >= 0.6 is 0 Å². The van der Waals surface area contributed by atoms with Crippen molar-refractivity contribution in [2.45, 2.75) is 64.8 Å². The molecule has 0 bridgehead atoms. The van der Waals surface area contributed by atoms with Crippen molar-refractivity contribution in [2.75, 3.05) is 6.54 Å². The topological polar surface area (TPSA) is 131 Å². The van der Waals surface area contributed by atoms with Crippen molar-refractivity contribution in [1.29, 1.82) is 0 Å².